The first-order valence-corrected chi connectivity index (χ1v) is 6.38. The summed E-state index contributed by atoms with van der Waals surface area (Å²) in [6.07, 6.45) is 3.97. The molecule has 0 radical (unpaired) electrons. The topological polar surface area (TPSA) is 69.7 Å². The molecule has 0 unspecified atom stereocenters. The number of aliphatic carboxylic acids is 1. The lowest BCUT2D eigenvalue weighted by molar-refractivity contribution is -0.313. The van der Waals surface area contributed by atoms with Crippen molar-refractivity contribution in [2.24, 2.45) is 11.8 Å². The number of nitrogens with zero attached hydrogens (tertiary/aromatic N) is 1. The smallest absolute Gasteiger partial charge is 0.230 e. The van der Waals surface area contributed by atoms with Crippen LogP contribution in [0.5, 0.6) is 0 Å². The lowest BCUT2D eigenvalue weighted by atomic mass is 9.77. The van der Waals surface area contributed by atoms with Crippen LogP contribution in [0.4, 0.5) is 0 Å². The first-order chi connectivity index (χ1) is 8.50. The highest BCUT2D eigenvalue weighted by atomic mass is 16.5. The van der Waals surface area contributed by atoms with Crippen molar-refractivity contribution < 1.29 is 19.4 Å². The van der Waals surface area contributed by atoms with Gasteiger partial charge in [0.1, 0.15) is 5.60 Å². The minimum Gasteiger partial charge on any atom is -0.550 e. The predicted octanol–water partition coefficient (Wildman–Crippen LogP) is -0.683. The molecule has 0 aliphatic carbocycles. The van der Waals surface area contributed by atoms with Gasteiger partial charge in [-0.1, -0.05) is 19.1 Å². The molecule has 3 aliphatic rings. The number of hydrogen-bond acceptors (Lipinski definition) is 4. The number of rotatable bonds is 3. The van der Waals surface area contributed by atoms with Crippen molar-refractivity contribution in [1.29, 1.82) is 0 Å². The van der Waals surface area contributed by atoms with E-state index in [0.29, 0.717) is 6.54 Å². The van der Waals surface area contributed by atoms with Crippen LogP contribution in [0.2, 0.25) is 0 Å². The summed E-state index contributed by atoms with van der Waals surface area (Å²) in [5, 5.41) is 11.2. The van der Waals surface area contributed by atoms with E-state index in [0.717, 1.165) is 6.42 Å². The Labute approximate surface area is 105 Å². The van der Waals surface area contributed by atoms with Gasteiger partial charge in [-0.15, -0.1) is 0 Å². The number of amides is 1. The van der Waals surface area contributed by atoms with E-state index in [1.165, 1.54) is 0 Å². The van der Waals surface area contributed by atoms with Gasteiger partial charge in [-0.3, -0.25) is 4.79 Å². The van der Waals surface area contributed by atoms with Crippen molar-refractivity contribution >= 4 is 11.9 Å². The highest BCUT2D eigenvalue weighted by Gasteiger charge is 2.65. The van der Waals surface area contributed by atoms with Gasteiger partial charge < -0.3 is 19.5 Å². The maximum atomic E-state index is 12.4. The van der Waals surface area contributed by atoms with E-state index in [4.69, 9.17) is 4.74 Å². The fraction of sp³-hybridized carbons (Fsp3) is 0.692. The molecule has 5 atom stereocenters. The van der Waals surface area contributed by atoms with Gasteiger partial charge in [-0.05, 0) is 13.3 Å². The molecule has 2 bridgehead atoms. The summed E-state index contributed by atoms with van der Waals surface area (Å²) in [6.45, 7) is 4.44. The lowest BCUT2D eigenvalue weighted by Crippen LogP contribution is -2.45. The minimum absolute atomic E-state index is 0.106. The average Bonchev–Trinajstić information content (AvgIpc) is 2.96. The molecule has 5 heteroatoms. The van der Waals surface area contributed by atoms with E-state index < -0.39 is 29.5 Å². The summed E-state index contributed by atoms with van der Waals surface area (Å²) >= 11 is 0. The molecule has 18 heavy (non-hydrogen) atoms. The van der Waals surface area contributed by atoms with Gasteiger partial charge >= 0.3 is 0 Å². The molecule has 3 rings (SSSR count). The van der Waals surface area contributed by atoms with E-state index in [9.17, 15) is 14.7 Å². The van der Waals surface area contributed by atoms with E-state index in [1.54, 1.807) is 11.0 Å². The Hall–Kier alpha value is -1.36. The number of carboxylic acid groups (broad SMARTS) is 1. The van der Waals surface area contributed by atoms with Crippen LogP contribution in [-0.4, -0.2) is 41.1 Å². The Balaban J connectivity index is 1.97. The second kappa shape index (κ2) is 3.57. The molecule has 1 spiro atoms. The first kappa shape index (κ1) is 11.7. The highest BCUT2D eigenvalue weighted by molar-refractivity contribution is 5.90. The van der Waals surface area contributed by atoms with Crippen molar-refractivity contribution in [2.45, 2.75) is 38.0 Å². The number of carbonyl (C=O) groups excluding carboxylic acids is 2. The van der Waals surface area contributed by atoms with Crippen LogP contribution >= 0.6 is 0 Å². The molecule has 0 aromatic heterocycles. The number of carbonyl (C=O) groups is 2. The van der Waals surface area contributed by atoms with Crippen molar-refractivity contribution in [3.8, 4) is 0 Å². The maximum Gasteiger partial charge on any atom is 0.230 e. The summed E-state index contributed by atoms with van der Waals surface area (Å²) in [5.41, 5.74) is -0.726. The lowest BCUT2D eigenvalue weighted by Gasteiger charge is -2.26. The third kappa shape index (κ3) is 1.25. The Morgan fingerprint density at radius 3 is 3.06 bits per heavy atom. The van der Waals surface area contributed by atoms with Crippen molar-refractivity contribution in [1.82, 2.24) is 4.90 Å². The molecule has 98 valence electrons. The zero-order valence-corrected chi connectivity index (χ0v) is 10.5. The molecule has 3 aliphatic heterocycles. The molecular weight excluding hydrogens is 234 g/mol. The van der Waals surface area contributed by atoms with Gasteiger partial charge in [0.15, 0.2) is 0 Å². The van der Waals surface area contributed by atoms with E-state index >= 15 is 0 Å². The molecule has 0 aromatic rings. The van der Waals surface area contributed by atoms with Gasteiger partial charge in [-0.25, -0.2) is 0 Å². The second-order valence-electron chi connectivity index (χ2n) is 5.44. The number of likely N-dealkylation sites (tertiary alicyclic amines) is 1. The van der Waals surface area contributed by atoms with Gasteiger partial charge in [0, 0.05) is 17.9 Å². The molecule has 2 saturated heterocycles. The molecule has 1 amide bonds. The summed E-state index contributed by atoms with van der Waals surface area (Å²) < 4.78 is 5.76. The van der Waals surface area contributed by atoms with Crippen LogP contribution in [0, 0.1) is 11.8 Å². The second-order valence-corrected chi connectivity index (χ2v) is 5.44. The fourth-order valence-electron chi connectivity index (χ4n) is 3.39. The van der Waals surface area contributed by atoms with Crippen LogP contribution in [0.25, 0.3) is 0 Å². The summed E-state index contributed by atoms with van der Waals surface area (Å²) in [5.74, 6) is -2.73. The normalized spacial score (nSPS) is 42.4. The monoisotopic (exact) mass is 250 g/mol. The van der Waals surface area contributed by atoms with Gasteiger partial charge in [-0.2, -0.15) is 0 Å². The van der Waals surface area contributed by atoms with E-state index in [2.05, 4.69) is 0 Å². The molecule has 5 nitrogen and oxygen atoms in total. The van der Waals surface area contributed by atoms with Crippen LogP contribution < -0.4 is 5.11 Å². The number of fused-ring (bicyclic) bond motifs is 1. The van der Waals surface area contributed by atoms with Crippen LogP contribution in [-0.2, 0) is 14.3 Å². The average molecular weight is 250 g/mol. The first-order valence-electron chi connectivity index (χ1n) is 6.38. The Morgan fingerprint density at radius 2 is 2.44 bits per heavy atom. The number of hydrogen-bond donors (Lipinski definition) is 0. The summed E-state index contributed by atoms with van der Waals surface area (Å²) in [4.78, 5) is 25.4. The third-order valence-corrected chi connectivity index (χ3v) is 4.52. The minimum atomic E-state index is -1.18. The van der Waals surface area contributed by atoms with Crippen molar-refractivity contribution in [3.63, 3.8) is 0 Å². The van der Waals surface area contributed by atoms with Gasteiger partial charge in [0.05, 0.1) is 18.6 Å². The zero-order valence-electron chi connectivity index (χ0n) is 10.5. The Kier molecular flexibility index (Phi) is 2.32. The van der Waals surface area contributed by atoms with E-state index in [-0.39, 0.29) is 11.9 Å². The molecule has 0 aromatic carbocycles. The summed E-state index contributed by atoms with van der Waals surface area (Å²) in [6, 6.07) is 0.107. The van der Waals surface area contributed by atoms with Crippen LogP contribution in [0.3, 0.4) is 0 Å². The van der Waals surface area contributed by atoms with Crippen molar-refractivity contribution in [3.05, 3.63) is 12.2 Å². The maximum absolute atomic E-state index is 12.4. The fourth-order valence-corrected chi connectivity index (χ4v) is 3.39. The third-order valence-electron chi connectivity index (χ3n) is 4.52. The molecule has 0 N–H and O–H groups in total. The SMILES string of the molecule is CC[C@@H](C)N1C[C@@]23C=C[C@H](O2)[C@@H](C(=O)[O-])[C@H]3C1=O. The van der Waals surface area contributed by atoms with Gasteiger partial charge in [0.25, 0.3) is 0 Å². The largest absolute Gasteiger partial charge is 0.550 e. The van der Waals surface area contributed by atoms with Crippen molar-refractivity contribution in [2.75, 3.05) is 6.54 Å². The predicted molar refractivity (Wildman–Crippen MR) is 60.2 cm³/mol. The quantitative estimate of drug-likeness (QED) is 0.622. The molecule has 3 heterocycles. The van der Waals surface area contributed by atoms with E-state index in [1.807, 2.05) is 19.9 Å². The number of ether oxygens (including phenoxy) is 1. The number of carboxylic acids is 1. The van der Waals surface area contributed by atoms with Gasteiger partial charge in [0.2, 0.25) is 5.91 Å². The zero-order chi connectivity index (χ0) is 13.1. The summed E-state index contributed by atoms with van der Waals surface area (Å²) in [7, 11) is 0. The molecule has 0 saturated carbocycles. The van der Waals surface area contributed by atoms with Crippen LogP contribution in [0.15, 0.2) is 12.2 Å². The molecule has 2 fully saturated rings. The Morgan fingerprint density at radius 1 is 1.72 bits per heavy atom. The standard InChI is InChI=1S/C13H17NO4/c1-3-7(2)14-6-13-5-4-8(18-13)9(12(16)17)10(13)11(14)15/h4-5,7-10H,3,6H2,1-2H3,(H,16,17)/p-1/t7-,8+,9-,10+,13-/m1/s1. The molecular formula is C13H16NO4-. The Bertz CT molecular complexity index is 446. The highest BCUT2D eigenvalue weighted by Crippen LogP contribution is 2.52. The van der Waals surface area contributed by atoms with Crippen LogP contribution in [0.1, 0.15) is 20.3 Å².